The van der Waals surface area contributed by atoms with E-state index in [0.29, 0.717) is 6.04 Å². The molecule has 46 valence electrons. The van der Waals surface area contributed by atoms with Crippen molar-refractivity contribution >= 4 is 6.03 Å². The van der Waals surface area contributed by atoms with E-state index in [1.54, 1.807) is 0 Å². The molecule has 0 saturated heterocycles. The molecule has 0 aromatic carbocycles. The zero-order valence-electron chi connectivity index (χ0n) is 4.48. The summed E-state index contributed by atoms with van der Waals surface area (Å²) in [6.45, 7) is 0. The molecule has 0 heterocycles. The van der Waals surface area contributed by atoms with Gasteiger partial charge in [0.1, 0.15) is 0 Å². The molecule has 0 atom stereocenters. The molecule has 0 aromatic rings. The molecule has 0 radical (unpaired) electrons. The Morgan fingerprint density at radius 2 is 2.25 bits per heavy atom. The van der Waals surface area contributed by atoms with Crippen LogP contribution in [0.15, 0.2) is 0 Å². The van der Waals surface area contributed by atoms with Crippen LogP contribution in [0.5, 0.6) is 0 Å². The Labute approximate surface area is 47.4 Å². The smallest absolute Gasteiger partial charge is 0.329 e. The van der Waals surface area contributed by atoms with Crippen molar-refractivity contribution in [3.63, 3.8) is 0 Å². The quantitative estimate of drug-likeness (QED) is 0.241. The van der Waals surface area contributed by atoms with Crippen LogP contribution in [0.25, 0.3) is 0 Å². The van der Waals surface area contributed by atoms with E-state index < -0.39 is 0 Å². The molecule has 1 saturated carbocycles. The van der Waals surface area contributed by atoms with Crippen LogP contribution >= 0.6 is 0 Å². The minimum absolute atomic E-state index is 0.285. The molecule has 1 aliphatic rings. The van der Waals surface area contributed by atoms with Crippen LogP contribution in [0.1, 0.15) is 12.8 Å². The second-order valence-electron chi connectivity index (χ2n) is 1.89. The van der Waals surface area contributed by atoms with Crippen LogP contribution in [0.2, 0.25) is 0 Å². The largest absolute Gasteiger partial charge is 0.334 e. The minimum Gasteiger partial charge on any atom is -0.334 e. The van der Waals surface area contributed by atoms with Gasteiger partial charge < -0.3 is 5.32 Å². The first-order valence-corrected chi connectivity index (χ1v) is 2.60. The third kappa shape index (κ3) is 1.38. The van der Waals surface area contributed by atoms with E-state index in [9.17, 15) is 4.79 Å². The Bertz CT molecular complexity index is 99.5. The first kappa shape index (κ1) is 5.37. The Morgan fingerprint density at radius 1 is 1.62 bits per heavy atom. The van der Waals surface area contributed by atoms with Gasteiger partial charge in [-0.3, -0.25) is 5.43 Å². The number of carbonyl (C=O) groups is 1. The molecule has 2 amide bonds. The molecule has 1 aliphatic carbocycles. The molecule has 4 N–H and O–H groups in total. The maximum atomic E-state index is 10.3. The molecule has 4 nitrogen and oxygen atoms in total. The lowest BCUT2D eigenvalue weighted by Crippen LogP contribution is -2.40. The fourth-order valence-corrected chi connectivity index (χ4v) is 0.455. The molecule has 0 unspecified atom stereocenters. The van der Waals surface area contributed by atoms with Crippen molar-refractivity contribution in [2.24, 2.45) is 5.84 Å². The maximum absolute atomic E-state index is 10.3. The SMILES string of the molecule is NNC(=O)NC1CC1. The Kier molecular flexibility index (Phi) is 1.34. The summed E-state index contributed by atoms with van der Waals surface area (Å²) < 4.78 is 0. The normalized spacial score (nSPS) is 17.6. The second-order valence-corrected chi connectivity index (χ2v) is 1.89. The highest BCUT2D eigenvalue weighted by atomic mass is 16.2. The number of rotatable bonds is 1. The van der Waals surface area contributed by atoms with Gasteiger partial charge in [-0.05, 0) is 12.8 Å². The molecule has 0 spiro atoms. The summed E-state index contributed by atoms with van der Waals surface area (Å²) in [6, 6.07) is 0.103. The van der Waals surface area contributed by atoms with E-state index in [2.05, 4.69) is 5.32 Å². The zero-order valence-corrected chi connectivity index (χ0v) is 4.48. The molecular weight excluding hydrogens is 106 g/mol. The highest BCUT2D eigenvalue weighted by Gasteiger charge is 2.22. The summed E-state index contributed by atoms with van der Waals surface area (Å²) in [5.74, 6) is 4.79. The molecule has 1 fully saturated rings. The number of nitrogens with one attached hydrogen (secondary N) is 2. The highest BCUT2D eigenvalue weighted by molar-refractivity contribution is 5.73. The standard InChI is InChI=1S/C4H9N3O/c5-7-4(8)6-3-1-2-3/h3H,1-2,5H2,(H2,6,7,8). The molecular formula is C4H9N3O. The van der Waals surface area contributed by atoms with E-state index in [-0.39, 0.29) is 6.03 Å². The molecule has 8 heavy (non-hydrogen) atoms. The van der Waals surface area contributed by atoms with E-state index in [4.69, 9.17) is 5.84 Å². The lowest BCUT2D eigenvalue weighted by molar-refractivity contribution is 0.241. The summed E-state index contributed by atoms with van der Waals surface area (Å²) in [7, 11) is 0. The topological polar surface area (TPSA) is 67.1 Å². The Hall–Kier alpha value is -0.770. The number of urea groups is 1. The summed E-state index contributed by atoms with van der Waals surface area (Å²) in [5, 5.41) is 2.63. The van der Waals surface area contributed by atoms with Crippen molar-refractivity contribution in [1.82, 2.24) is 10.7 Å². The van der Waals surface area contributed by atoms with Crippen LogP contribution < -0.4 is 16.6 Å². The van der Waals surface area contributed by atoms with Crippen molar-refractivity contribution < 1.29 is 4.79 Å². The number of nitrogens with two attached hydrogens (primary N) is 1. The van der Waals surface area contributed by atoms with Crippen LogP contribution in [-0.4, -0.2) is 12.1 Å². The predicted molar refractivity (Wildman–Crippen MR) is 28.9 cm³/mol. The lowest BCUT2D eigenvalue weighted by atomic mass is 10.7. The molecule has 0 bridgehead atoms. The van der Waals surface area contributed by atoms with Crippen molar-refractivity contribution in [3.8, 4) is 0 Å². The van der Waals surface area contributed by atoms with Gasteiger partial charge >= 0.3 is 6.03 Å². The maximum Gasteiger partial charge on any atom is 0.329 e. The molecule has 0 aliphatic heterocycles. The lowest BCUT2D eigenvalue weighted by Gasteiger charge is -1.98. The fourth-order valence-electron chi connectivity index (χ4n) is 0.455. The van der Waals surface area contributed by atoms with Gasteiger partial charge in [0, 0.05) is 6.04 Å². The van der Waals surface area contributed by atoms with Gasteiger partial charge in [-0.15, -0.1) is 0 Å². The van der Waals surface area contributed by atoms with Crippen LogP contribution in [0, 0.1) is 0 Å². The first-order valence-electron chi connectivity index (χ1n) is 2.60. The van der Waals surface area contributed by atoms with Crippen molar-refractivity contribution in [3.05, 3.63) is 0 Å². The molecule has 0 aromatic heterocycles. The highest BCUT2D eigenvalue weighted by Crippen LogP contribution is 2.17. The van der Waals surface area contributed by atoms with Gasteiger partial charge in [-0.25, -0.2) is 10.6 Å². The van der Waals surface area contributed by atoms with E-state index in [0.717, 1.165) is 12.8 Å². The van der Waals surface area contributed by atoms with E-state index in [1.807, 2.05) is 5.43 Å². The predicted octanol–water partition coefficient (Wildman–Crippen LogP) is -0.678. The van der Waals surface area contributed by atoms with Crippen LogP contribution in [0.3, 0.4) is 0 Å². The number of carbonyl (C=O) groups excluding carboxylic acids is 1. The van der Waals surface area contributed by atoms with E-state index >= 15 is 0 Å². The molecule has 1 rings (SSSR count). The number of hydrogen-bond acceptors (Lipinski definition) is 2. The third-order valence-corrected chi connectivity index (χ3v) is 1.04. The number of hydrogen-bond donors (Lipinski definition) is 3. The monoisotopic (exact) mass is 115 g/mol. The summed E-state index contributed by atoms with van der Waals surface area (Å²) in [4.78, 5) is 10.3. The van der Waals surface area contributed by atoms with Crippen molar-refractivity contribution in [2.75, 3.05) is 0 Å². The summed E-state index contributed by atoms with van der Waals surface area (Å²) in [5.41, 5.74) is 1.99. The van der Waals surface area contributed by atoms with Crippen LogP contribution in [-0.2, 0) is 0 Å². The number of amides is 2. The Balaban J connectivity index is 2.07. The number of hydrazine groups is 1. The minimum atomic E-state index is -0.285. The van der Waals surface area contributed by atoms with Gasteiger partial charge in [0.15, 0.2) is 0 Å². The van der Waals surface area contributed by atoms with E-state index in [1.165, 1.54) is 0 Å². The van der Waals surface area contributed by atoms with Crippen molar-refractivity contribution in [2.45, 2.75) is 18.9 Å². The molecule has 4 heteroatoms. The fraction of sp³-hybridized carbons (Fsp3) is 0.750. The van der Waals surface area contributed by atoms with Crippen molar-refractivity contribution in [1.29, 1.82) is 0 Å². The van der Waals surface area contributed by atoms with Gasteiger partial charge in [-0.1, -0.05) is 0 Å². The van der Waals surface area contributed by atoms with Gasteiger partial charge in [0.25, 0.3) is 0 Å². The average Bonchev–Trinajstić information content (AvgIpc) is 2.50. The summed E-state index contributed by atoms with van der Waals surface area (Å²) in [6.07, 6.45) is 2.18. The second kappa shape index (κ2) is 2.00. The van der Waals surface area contributed by atoms with Gasteiger partial charge in [-0.2, -0.15) is 0 Å². The average molecular weight is 115 g/mol. The zero-order chi connectivity index (χ0) is 5.98. The van der Waals surface area contributed by atoms with Gasteiger partial charge in [0.2, 0.25) is 0 Å². The van der Waals surface area contributed by atoms with Crippen LogP contribution in [0.4, 0.5) is 4.79 Å². The first-order chi connectivity index (χ1) is 3.83. The Morgan fingerprint density at radius 3 is 2.62 bits per heavy atom. The third-order valence-electron chi connectivity index (χ3n) is 1.04. The van der Waals surface area contributed by atoms with Gasteiger partial charge in [0.05, 0.1) is 0 Å². The summed E-state index contributed by atoms with van der Waals surface area (Å²) >= 11 is 0.